The standard InChI is InChI=1S/C33H26O3P.ClH/c34-33(35-28-18-8-2-9-19-28)36-32(27-16-6-1-7-17-27)26-37(29-20-10-3-11-21-29,30-22-12-4-13-23-30)31-24-14-5-15-25-31;/h1-26H;1H/q+1;/p-1/b32-26-;. The molecule has 0 aromatic heterocycles. The quantitative estimate of drug-likeness (QED) is 0.135. The minimum absolute atomic E-state index is 0. The molecule has 3 nitrogen and oxygen atoms in total. The van der Waals surface area contributed by atoms with E-state index in [1.807, 2.05) is 66.7 Å². The molecule has 5 heteroatoms. The zero-order valence-electron chi connectivity index (χ0n) is 20.6. The smallest absolute Gasteiger partial charge is 0.519 e. The molecule has 0 atom stereocenters. The summed E-state index contributed by atoms with van der Waals surface area (Å²) < 4.78 is 11.5. The third-order valence-corrected chi connectivity index (χ3v) is 9.96. The average molecular weight is 537 g/mol. The van der Waals surface area contributed by atoms with Crippen LogP contribution >= 0.6 is 7.26 Å². The van der Waals surface area contributed by atoms with Crippen molar-refractivity contribution in [1.82, 2.24) is 0 Å². The molecule has 0 fully saturated rings. The minimum atomic E-state index is -2.41. The molecule has 0 aliphatic rings. The van der Waals surface area contributed by atoms with Gasteiger partial charge in [0.1, 0.15) is 34.7 Å². The van der Waals surface area contributed by atoms with Gasteiger partial charge in [-0.1, -0.05) is 103 Å². The molecular weight excluding hydrogens is 511 g/mol. The lowest BCUT2D eigenvalue weighted by molar-refractivity contribution is -0.0000158. The van der Waals surface area contributed by atoms with Crippen LogP contribution in [-0.4, -0.2) is 6.16 Å². The summed E-state index contributed by atoms with van der Waals surface area (Å²) in [6, 6.07) is 49.9. The summed E-state index contributed by atoms with van der Waals surface area (Å²) >= 11 is 0. The normalized spacial score (nSPS) is 11.2. The lowest BCUT2D eigenvalue weighted by Crippen LogP contribution is -3.00. The van der Waals surface area contributed by atoms with E-state index < -0.39 is 13.4 Å². The third kappa shape index (κ3) is 6.03. The second kappa shape index (κ2) is 12.9. The van der Waals surface area contributed by atoms with Crippen LogP contribution in [0, 0.1) is 0 Å². The van der Waals surface area contributed by atoms with Gasteiger partial charge in [-0.15, -0.1) is 0 Å². The van der Waals surface area contributed by atoms with E-state index in [2.05, 4.69) is 78.6 Å². The number of benzene rings is 5. The molecule has 0 N–H and O–H groups in total. The molecule has 0 saturated carbocycles. The Morgan fingerprint density at radius 1 is 0.526 bits per heavy atom. The first-order valence-corrected chi connectivity index (χ1v) is 13.9. The molecule has 0 heterocycles. The van der Waals surface area contributed by atoms with Crippen molar-refractivity contribution >= 4 is 35.1 Å². The van der Waals surface area contributed by atoms with E-state index in [0.717, 1.165) is 21.5 Å². The number of carbonyl (C=O) groups is 1. The fraction of sp³-hybridized carbons (Fsp3) is 0. The molecular formula is C33H26ClO3P. The molecule has 0 aliphatic heterocycles. The van der Waals surface area contributed by atoms with E-state index in [1.165, 1.54) is 0 Å². The second-order valence-corrected chi connectivity index (χ2v) is 11.6. The van der Waals surface area contributed by atoms with Crippen LogP contribution in [0.2, 0.25) is 0 Å². The molecule has 188 valence electrons. The van der Waals surface area contributed by atoms with Gasteiger partial charge in [0.05, 0.1) is 0 Å². The lowest BCUT2D eigenvalue weighted by Gasteiger charge is -2.25. The van der Waals surface area contributed by atoms with Gasteiger partial charge in [0.2, 0.25) is 0 Å². The Labute approximate surface area is 230 Å². The summed E-state index contributed by atoms with van der Waals surface area (Å²) in [4.78, 5) is 13.0. The van der Waals surface area contributed by atoms with Crippen LogP contribution in [0.1, 0.15) is 5.56 Å². The van der Waals surface area contributed by atoms with E-state index in [4.69, 9.17) is 9.47 Å². The Bertz CT molecular complexity index is 1360. The van der Waals surface area contributed by atoms with Gasteiger partial charge in [0.25, 0.3) is 0 Å². The summed E-state index contributed by atoms with van der Waals surface area (Å²) in [6.45, 7) is 0. The van der Waals surface area contributed by atoms with Crippen LogP contribution in [0.15, 0.2) is 157 Å². The summed E-state index contributed by atoms with van der Waals surface area (Å²) in [7, 11) is -2.41. The number of halogens is 1. The van der Waals surface area contributed by atoms with E-state index in [9.17, 15) is 4.79 Å². The Morgan fingerprint density at radius 2 is 0.895 bits per heavy atom. The molecule has 0 aliphatic carbocycles. The highest BCUT2D eigenvalue weighted by Gasteiger charge is 2.45. The van der Waals surface area contributed by atoms with Gasteiger partial charge in [0, 0.05) is 5.56 Å². The number of rotatable bonds is 7. The second-order valence-electron chi connectivity index (χ2n) is 8.36. The van der Waals surface area contributed by atoms with Gasteiger partial charge >= 0.3 is 6.16 Å². The van der Waals surface area contributed by atoms with Crippen LogP contribution in [0.4, 0.5) is 4.79 Å². The van der Waals surface area contributed by atoms with Crippen LogP contribution in [0.3, 0.4) is 0 Å². The third-order valence-electron chi connectivity index (χ3n) is 6.00. The van der Waals surface area contributed by atoms with Crippen LogP contribution in [0.5, 0.6) is 5.75 Å². The molecule has 0 amide bonds. The van der Waals surface area contributed by atoms with Crippen molar-refractivity contribution in [1.29, 1.82) is 0 Å². The van der Waals surface area contributed by atoms with Crippen molar-refractivity contribution in [2.45, 2.75) is 0 Å². The van der Waals surface area contributed by atoms with Crippen LogP contribution in [0.25, 0.3) is 5.76 Å². The van der Waals surface area contributed by atoms with Gasteiger partial charge in [-0.25, -0.2) is 4.79 Å². The van der Waals surface area contributed by atoms with Crippen LogP contribution < -0.4 is 33.1 Å². The lowest BCUT2D eigenvalue weighted by atomic mass is 10.2. The Hall–Kier alpha value is -4.17. The van der Waals surface area contributed by atoms with Crippen molar-refractivity contribution in [3.63, 3.8) is 0 Å². The maximum Gasteiger partial charge on any atom is 0.519 e. The molecule has 0 bridgehead atoms. The van der Waals surface area contributed by atoms with Gasteiger partial charge in [-0.3, -0.25) is 0 Å². The maximum absolute atomic E-state index is 13.0. The molecule has 0 unspecified atom stereocenters. The van der Waals surface area contributed by atoms with Crippen molar-refractivity contribution in [3.05, 3.63) is 163 Å². The van der Waals surface area contributed by atoms with E-state index in [0.29, 0.717) is 11.5 Å². The average Bonchev–Trinajstić information content (AvgIpc) is 2.98. The Kier molecular flexibility index (Phi) is 9.11. The Balaban J connectivity index is 0.00000336. The van der Waals surface area contributed by atoms with Gasteiger partial charge in [-0.05, 0) is 48.5 Å². The van der Waals surface area contributed by atoms with Gasteiger partial charge in [-0.2, -0.15) is 0 Å². The van der Waals surface area contributed by atoms with Crippen molar-refractivity contribution in [3.8, 4) is 5.75 Å². The highest BCUT2D eigenvalue weighted by molar-refractivity contribution is 7.98. The summed E-state index contributed by atoms with van der Waals surface area (Å²) in [5, 5.41) is 3.46. The predicted octanol–water partition coefficient (Wildman–Crippen LogP) is 4.20. The number of ether oxygens (including phenoxy) is 2. The molecule has 5 aromatic carbocycles. The molecule has 0 spiro atoms. The van der Waals surface area contributed by atoms with Crippen molar-refractivity contribution in [2.24, 2.45) is 0 Å². The fourth-order valence-corrected chi connectivity index (χ4v) is 8.12. The molecule has 38 heavy (non-hydrogen) atoms. The van der Waals surface area contributed by atoms with E-state index >= 15 is 0 Å². The predicted molar refractivity (Wildman–Crippen MR) is 153 cm³/mol. The van der Waals surface area contributed by atoms with Crippen molar-refractivity contribution < 1.29 is 26.7 Å². The minimum Gasteiger partial charge on any atom is -1.00 e. The Morgan fingerprint density at radius 3 is 1.32 bits per heavy atom. The largest absolute Gasteiger partial charge is 1.00 e. The first kappa shape index (κ1) is 26.9. The number of hydrogen-bond donors (Lipinski definition) is 0. The number of para-hydroxylation sites is 1. The van der Waals surface area contributed by atoms with Gasteiger partial charge < -0.3 is 21.9 Å². The molecule has 0 radical (unpaired) electrons. The summed E-state index contributed by atoms with van der Waals surface area (Å²) in [5.74, 6) is 3.01. The monoisotopic (exact) mass is 536 g/mol. The number of carbonyl (C=O) groups excluding carboxylic acids is 1. The fourth-order valence-electron chi connectivity index (χ4n) is 4.29. The van der Waals surface area contributed by atoms with Gasteiger partial charge in [0.15, 0.2) is 5.76 Å². The molecule has 5 aromatic rings. The first-order chi connectivity index (χ1) is 18.3. The van der Waals surface area contributed by atoms with Crippen molar-refractivity contribution in [2.75, 3.05) is 0 Å². The van der Waals surface area contributed by atoms with E-state index in [-0.39, 0.29) is 12.4 Å². The number of hydrogen-bond acceptors (Lipinski definition) is 3. The summed E-state index contributed by atoms with van der Waals surface area (Å²) in [6.07, 6.45) is -0.784. The maximum atomic E-state index is 13.0. The molecule has 5 rings (SSSR count). The molecule has 0 saturated heterocycles. The first-order valence-electron chi connectivity index (χ1n) is 12.0. The van der Waals surface area contributed by atoms with E-state index in [1.54, 1.807) is 12.1 Å². The SMILES string of the molecule is O=C(O/C(=C\[P+](c1ccccc1)(c1ccccc1)c1ccccc1)c1ccccc1)Oc1ccccc1.[Cl-]. The highest BCUT2D eigenvalue weighted by Crippen LogP contribution is 2.58. The summed E-state index contributed by atoms with van der Waals surface area (Å²) in [5.41, 5.74) is 0.791. The van der Waals surface area contributed by atoms with Crippen LogP contribution in [-0.2, 0) is 4.74 Å². The topological polar surface area (TPSA) is 35.5 Å². The zero-order chi connectivity index (χ0) is 25.3. The zero-order valence-corrected chi connectivity index (χ0v) is 22.2. The highest BCUT2D eigenvalue weighted by atomic mass is 35.5.